The predicted molar refractivity (Wildman–Crippen MR) is 96.5 cm³/mol. The van der Waals surface area contributed by atoms with Crippen molar-refractivity contribution < 1.29 is 0 Å². The first-order valence-corrected chi connectivity index (χ1v) is 9.22. The third-order valence-electron chi connectivity index (χ3n) is 3.50. The van der Waals surface area contributed by atoms with Crippen molar-refractivity contribution in [1.29, 1.82) is 0 Å². The summed E-state index contributed by atoms with van der Waals surface area (Å²) in [6.07, 6.45) is 0. The third-order valence-corrected chi connectivity index (χ3v) is 5.39. The summed E-state index contributed by atoms with van der Waals surface area (Å²) in [5.41, 5.74) is 5.19. The van der Waals surface area contributed by atoms with Crippen molar-refractivity contribution in [2.24, 2.45) is 0 Å². The van der Waals surface area contributed by atoms with Gasteiger partial charge in [-0.15, -0.1) is 0 Å². The van der Waals surface area contributed by atoms with Crippen molar-refractivity contribution in [2.45, 2.75) is 6.92 Å². The van der Waals surface area contributed by atoms with E-state index in [2.05, 4.69) is 96.8 Å². The Hall–Kier alpha value is -2.08. The number of benzene rings is 3. The van der Waals surface area contributed by atoms with E-state index in [9.17, 15) is 0 Å². The van der Waals surface area contributed by atoms with E-state index in [-0.39, 0.29) is 0 Å². The second-order valence-corrected chi connectivity index (χ2v) is 7.17. The van der Waals surface area contributed by atoms with Crippen molar-refractivity contribution in [3.63, 3.8) is 0 Å². The van der Waals surface area contributed by atoms with Crippen LogP contribution in [0.2, 0.25) is 0 Å². The Kier molecular flexibility index (Phi) is 4.90. The summed E-state index contributed by atoms with van der Waals surface area (Å²) in [4.78, 5) is 2.39. The molecule has 0 heterocycles. The van der Waals surface area contributed by atoms with E-state index >= 15 is 0 Å². The first kappa shape index (κ1) is 14.8. The van der Waals surface area contributed by atoms with Gasteiger partial charge < -0.3 is 0 Å². The first-order valence-electron chi connectivity index (χ1n) is 7.37. The number of hydrogen-bond donors (Lipinski definition) is 0. The summed E-state index contributed by atoms with van der Waals surface area (Å²) in [5.74, 6) is 0. The Balaban J connectivity index is 1.98. The number of rotatable bonds is 4. The van der Waals surface area contributed by atoms with Gasteiger partial charge in [0, 0.05) is 0 Å². The zero-order valence-corrected chi connectivity index (χ0v) is 14.3. The Labute approximate surface area is 138 Å². The van der Waals surface area contributed by atoms with Crippen LogP contribution < -0.4 is 4.46 Å². The Morgan fingerprint density at radius 1 is 0.682 bits per heavy atom. The molecule has 1 heteroatoms. The summed E-state index contributed by atoms with van der Waals surface area (Å²) in [5, 5.41) is 0. The van der Waals surface area contributed by atoms with Gasteiger partial charge in [0.15, 0.2) is 0 Å². The zero-order chi connectivity index (χ0) is 15.2. The van der Waals surface area contributed by atoms with Crippen LogP contribution in [0.25, 0.3) is 5.57 Å². The van der Waals surface area contributed by atoms with Crippen LogP contribution in [0.15, 0.2) is 89.9 Å². The fraction of sp³-hybridized carbons (Fsp3) is 0.0476. The standard InChI is InChI=1S/C21H18Se/c1-17-12-14-19(15-13-17)21(18-8-4-2-5-9-18)16-22-20-10-6-3-7-11-20/h2-16H,1H3. The number of aryl methyl sites for hydroxylation is 1. The molecule has 3 aromatic rings. The van der Waals surface area contributed by atoms with Gasteiger partial charge in [0.05, 0.1) is 0 Å². The average Bonchev–Trinajstić information content (AvgIpc) is 2.58. The van der Waals surface area contributed by atoms with Gasteiger partial charge in [0.25, 0.3) is 0 Å². The summed E-state index contributed by atoms with van der Waals surface area (Å²) in [6, 6.07) is 30.1. The normalized spacial score (nSPS) is 11.4. The molecule has 0 aromatic heterocycles. The minimum absolute atomic E-state index is 0.331. The van der Waals surface area contributed by atoms with Crippen molar-refractivity contribution in [3.8, 4) is 0 Å². The van der Waals surface area contributed by atoms with E-state index in [0.29, 0.717) is 15.0 Å². The van der Waals surface area contributed by atoms with E-state index in [4.69, 9.17) is 0 Å². The van der Waals surface area contributed by atoms with Crippen LogP contribution in [-0.4, -0.2) is 15.0 Å². The summed E-state index contributed by atoms with van der Waals surface area (Å²) in [7, 11) is 0. The van der Waals surface area contributed by atoms with E-state index < -0.39 is 0 Å². The van der Waals surface area contributed by atoms with E-state index in [1.807, 2.05) is 0 Å². The van der Waals surface area contributed by atoms with Crippen LogP contribution in [0.1, 0.15) is 16.7 Å². The molecule has 0 atom stereocenters. The first-order chi connectivity index (χ1) is 10.8. The minimum atomic E-state index is 0.331. The van der Waals surface area contributed by atoms with Crippen LogP contribution in [0.3, 0.4) is 0 Å². The molecule has 0 spiro atoms. The topological polar surface area (TPSA) is 0 Å². The van der Waals surface area contributed by atoms with Crippen LogP contribution in [0.5, 0.6) is 0 Å². The molecule has 22 heavy (non-hydrogen) atoms. The Bertz CT molecular complexity index is 741. The molecule has 0 N–H and O–H groups in total. The number of hydrogen-bond acceptors (Lipinski definition) is 0. The molecule has 108 valence electrons. The van der Waals surface area contributed by atoms with Crippen LogP contribution >= 0.6 is 0 Å². The summed E-state index contributed by atoms with van der Waals surface area (Å²) < 4.78 is 1.40. The second kappa shape index (κ2) is 7.26. The zero-order valence-electron chi connectivity index (χ0n) is 12.6. The molecule has 0 fully saturated rings. The van der Waals surface area contributed by atoms with Crippen LogP contribution in [-0.2, 0) is 0 Å². The fourth-order valence-electron chi connectivity index (χ4n) is 2.28. The molecule has 0 saturated carbocycles. The maximum absolute atomic E-state index is 2.39. The molecular weight excluding hydrogens is 331 g/mol. The van der Waals surface area contributed by atoms with Crippen molar-refractivity contribution in [3.05, 3.63) is 107 Å². The average molecular weight is 349 g/mol. The molecule has 3 aromatic carbocycles. The molecule has 0 nitrogen and oxygen atoms in total. The Morgan fingerprint density at radius 2 is 1.23 bits per heavy atom. The van der Waals surface area contributed by atoms with Crippen molar-refractivity contribution in [2.75, 3.05) is 0 Å². The molecule has 0 radical (unpaired) electrons. The molecule has 3 rings (SSSR count). The predicted octanol–water partition coefficient (Wildman–Crippen LogP) is 4.41. The van der Waals surface area contributed by atoms with Crippen molar-refractivity contribution >= 4 is 25.0 Å². The Morgan fingerprint density at radius 3 is 1.86 bits per heavy atom. The third kappa shape index (κ3) is 3.76. The monoisotopic (exact) mass is 350 g/mol. The molecule has 0 aliphatic heterocycles. The van der Waals surface area contributed by atoms with Gasteiger partial charge in [-0.2, -0.15) is 0 Å². The summed E-state index contributed by atoms with van der Waals surface area (Å²) in [6.45, 7) is 2.13. The van der Waals surface area contributed by atoms with Gasteiger partial charge in [-0.1, -0.05) is 0 Å². The van der Waals surface area contributed by atoms with Crippen molar-refractivity contribution in [1.82, 2.24) is 0 Å². The molecule has 0 aliphatic rings. The second-order valence-electron chi connectivity index (χ2n) is 5.19. The van der Waals surface area contributed by atoms with E-state index in [0.717, 1.165) is 0 Å². The quantitative estimate of drug-likeness (QED) is 0.612. The van der Waals surface area contributed by atoms with Gasteiger partial charge in [0.1, 0.15) is 0 Å². The van der Waals surface area contributed by atoms with E-state index in [1.165, 1.54) is 26.7 Å². The van der Waals surface area contributed by atoms with Gasteiger partial charge >= 0.3 is 139 Å². The van der Waals surface area contributed by atoms with E-state index in [1.54, 1.807) is 0 Å². The van der Waals surface area contributed by atoms with Crippen LogP contribution in [0.4, 0.5) is 0 Å². The maximum atomic E-state index is 2.39. The molecule has 0 unspecified atom stereocenters. The van der Waals surface area contributed by atoms with Crippen LogP contribution in [0, 0.1) is 6.92 Å². The fourth-order valence-corrected chi connectivity index (χ4v) is 4.04. The summed E-state index contributed by atoms with van der Waals surface area (Å²) >= 11 is 0.331. The van der Waals surface area contributed by atoms with Gasteiger partial charge in [-0.3, -0.25) is 0 Å². The SMILES string of the molecule is Cc1ccc(C(=C[Se]c2ccccc2)c2ccccc2)cc1. The van der Waals surface area contributed by atoms with Gasteiger partial charge in [0.2, 0.25) is 0 Å². The van der Waals surface area contributed by atoms with Gasteiger partial charge in [-0.25, -0.2) is 0 Å². The molecule has 0 saturated heterocycles. The van der Waals surface area contributed by atoms with Gasteiger partial charge in [-0.05, 0) is 0 Å². The molecule has 0 amide bonds. The molecule has 0 bridgehead atoms. The molecular formula is C21H18Se. The molecule has 0 aliphatic carbocycles.